The molecule has 0 spiro atoms. The molecule has 1 fully saturated rings. The van der Waals surface area contributed by atoms with Gasteiger partial charge < -0.3 is 20.3 Å². The molecule has 5 nitrogen and oxygen atoms in total. The van der Waals surface area contributed by atoms with Crippen LogP contribution in [0.15, 0.2) is 24.3 Å². The molecule has 1 heterocycles. The molecule has 0 bridgehead atoms. The lowest BCUT2D eigenvalue weighted by Gasteiger charge is -2.37. The smallest absolute Gasteiger partial charge is 0.251 e. The lowest BCUT2D eigenvalue weighted by Crippen LogP contribution is -2.47. The summed E-state index contributed by atoms with van der Waals surface area (Å²) >= 11 is 0. The number of rotatable bonds is 6. The van der Waals surface area contributed by atoms with Crippen molar-refractivity contribution in [2.45, 2.75) is 12.8 Å². The molecule has 1 aromatic carbocycles. The number of benzene rings is 1. The molecule has 1 aromatic rings. The van der Waals surface area contributed by atoms with Crippen molar-refractivity contribution in [3.05, 3.63) is 29.8 Å². The molecule has 0 unspecified atom stereocenters. The standard InChI is InChI=1S/C17H27N3O2.ClH/c1-20(2)15-6-4-5-14(11-15)16(21)19-12-17(13-22-3)7-9-18-10-8-17;/h4-6,11,18H,7-10,12-13H2,1-3H3,(H,19,21);1H. The van der Waals surface area contributed by atoms with E-state index in [9.17, 15) is 4.79 Å². The minimum atomic E-state index is -0.0160. The zero-order valence-electron chi connectivity index (χ0n) is 14.2. The molecular formula is C17H28ClN3O2. The summed E-state index contributed by atoms with van der Waals surface area (Å²) in [5.41, 5.74) is 1.78. The van der Waals surface area contributed by atoms with Crippen LogP contribution in [0.25, 0.3) is 0 Å². The minimum Gasteiger partial charge on any atom is -0.384 e. The molecule has 2 N–H and O–H groups in total. The summed E-state index contributed by atoms with van der Waals surface area (Å²) in [6.45, 7) is 3.31. The van der Waals surface area contributed by atoms with Gasteiger partial charge in [-0.3, -0.25) is 4.79 Å². The van der Waals surface area contributed by atoms with Gasteiger partial charge in [-0.05, 0) is 44.1 Å². The average molecular weight is 342 g/mol. The van der Waals surface area contributed by atoms with Crippen LogP contribution in [0, 0.1) is 5.41 Å². The van der Waals surface area contributed by atoms with E-state index in [1.54, 1.807) is 7.11 Å². The Morgan fingerprint density at radius 3 is 2.65 bits per heavy atom. The van der Waals surface area contributed by atoms with Crippen LogP contribution < -0.4 is 15.5 Å². The van der Waals surface area contributed by atoms with Crippen LogP contribution in [-0.4, -0.2) is 53.4 Å². The first kappa shape index (κ1) is 19.7. The van der Waals surface area contributed by atoms with Gasteiger partial charge in [-0.15, -0.1) is 12.4 Å². The number of hydrogen-bond acceptors (Lipinski definition) is 4. The van der Waals surface area contributed by atoms with E-state index < -0.39 is 0 Å². The molecule has 1 aliphatic heterocycles. The predicted molar refractivity (Wildman–Crippen MR) is 96.8 cm³/mol. The van der Waals surface area contributed by atoms with Crippen LogP contribution >= 0.6 is 12.4 Å². The molecule has 0 radical (unpaired) electrons. The van der Waals surface area contributed by atoms with Gasteiger partial charge in [-0.1, -0.05) is 6.07 Å². The first-order chi connectivity index (χ1) is 10.6. The Labute approximate surface area is 145 Å². The monoisotopic (exact) mass is 341 g/mol. The fraction of sp³-hybridized carbons (Fsp3) is 0.588. The largest absolute Gasteiger partial charge is 0.384 e. The summed E-state index contributed by atoms with van der Waals surface area (Å²) in [5, 5.41) is 6.46. The number of carbonyl (C=O) groups is 1. The van der Waals surface area contributed by atoms with E-state index >= 15 is 0 Å². The summed E-state index contributed by atoms with van der Waals surface area (Å²) < 4.78 is 5.39. The Morgan fingerprint density at radius 1 is 1.35 bits per heavy atom. The van der Waals surface area contributed by atoms with Gasteiger partial charge in [-0.25, -0.2) is 0 Å². The van der Waals surface area contributed by atoms with Crippen molar-refractivity contribution in [2.75, 3.05) is 52.3 Å². The summed E-state index contributed by atoms with van der Waals surface area (Å²) in [4.78, 5) is 14.4. The van der Waals surface area contributed by atoms with E-state index in [0.717, 1.165) is 31.6 Å². The number of carbonyl (C=O) groups excluding carboxylic acids is 1. The number of hydrogen-bond donors (Lipinski definition) is 2. The number of amides is 1. The highest BCUT2D eigenvalue weighted by Gasteiger charge is 2.32. The Bertz CT molecular complexity index is 497. The third-order valence-electron chi connectivity index (χ3n) is 4.36. The lowest BCUT2D eigenvalue weighted by molar-refractivity contribution is 0.0512. The number of ether oxygens (including phenoxy) is 1. The molecule has 6 heteroatoms. The molecule has 130 valence electrons. The third-order valence-corrected chi connectivity index (χ3v) is 4.36. The van der Waals surface area contributed by atoms with Crippen LogP contribution in [0.2, 0.25) is 0 Å². The van der Waals surface area contributed by atoms with Crippen molar-refractivity contribution in [1.82, 2.24) is 10.6 Å². The fourth-order valence-electron chi connectivity index (χ4n) is 2.93. The summed E-state index contributed by atoms with van der Waals surface area (Å²) in [6, 6.07) is 7.68. The van der Waals surface area contributed by atoms with Crippen LogP contribution in [-0.2, 0) is 4.74 Å². The predicted octanol–water partition coefficient (Wildman–Crippen LogP) is 1.92. The van der Waals surface area contributed by atoms with E-state index in [1.165, 1.54) is 0 Å². The van der Waals surface area contributed by atoms with Gasteiger partial charge in [0, 0.05) is 44.4 Å². The van der Waals surface area contributed by atoms with Gasteiger partial charge in [0.2, 0.25) is 0 Å². The molecular weight excluding hydrogens is 314 g/mol. The Morgan fingerprint density at radius 2 is 2.04 bits per heavy atom. The van der Waals surface area contributed by atoms with Crippen LogP contribution in [0.3, 0.4) is 0 Å². The Kier molecular flexibility index (Phi) is 7.82. The van der Waals surface area contributed by atoms with Crippen molar-refractivity contribution in [1.29, 1.82) is 0 Å². The zero-order chi connectivity index (χ0) is 16.0. The van der Waals surface area contributed by atoms with Gasteiger partial charge in [0.15, 0.2) is 0 Å². The highest BCUT2D eigenvalue weighted by Crippen LogP contribution is 2.28. The average Bonchev–Trinajstić information content (AvgIpc) is 2.54. The van der Waals surface area contributed by atoms with E-state index in [0.29, 0.717) is 18.7 Å². The Balaban J connectivity index is 0.00000264. The first-order valence-corrected chi connectivity index (χ1v) is 7.82. The van der Waals surface area contributed by atoms with Crippen LogP contribution in [0.4, 0.5) is 5.69 Å². The van der Waals surface area contributed by atoms with Crippen molar-refractivity contribution in [3.63, 3.8) is 0 Å². The molecule has 23 heavy (non-hydrogen) atoms. The number of anilines is 1. The van der Waals surface area contributed by atoms with Crippen molar-refractivity contribution in [3.8, 4) is 0 Å². The Hall–Kier alpha value is -1.30. The second kappa shape index (κ2) is 9.11. The van der Waals surface area contributed by atoms with Gasteiger partial charge >= 0.3 is 0 Å². The highest BCUT2D eigenvalue weighted by atomic mass is 35.5. The van der Waals surface area contributed by atoms with E-state index in [-0.39, 0.29) is 23.7 Å². The number of piperidine rings is 1. The van der Waals surface area contributed by atoms with Crippen molar-refractivity contribution in [2.24, 2.45) is 5.41 Å². The lowest BCUT2D eigenvalue weighted by atomic mass is 9.79. The van der Waals surface area contributed by atoms with Crippen LogP contribution in [0.5, 0.6) is 0 Å². The number of nitrogens with one attached hydrogen (secondary N) is 2. The van der Waals surface area contributed by atoms with Crippen molar-refractivity contribution >= 4 is 24.0 Å². The molecule has 0 aromatic heterocycles. The molecule has 0 saturated carbocycles. The van der Waals surface area contributed by atoms with Gasteiger partial charge in [-0.2, -0.15) is 0 Å². The number of methoxy groups -OCH3 is 1. The van der Waals surface area contributed by atoms with E-state index in [1.807, 2.05) is 43.3 Å². The maximum absolute atomic E-state index is 12.4. The fourth-order valence-corrected chi connectivity index (χ4v) is 2.93. The number of halogens is 1. The van der Waals surface area contributed by atoms with E-state index in [4.69, 9.17) is 4.74 Å². The summed E-state index contributed by atoms with van der Waals surface area (Å²) in [5.74, 6) is -0.0160. The molecule has 1 amide bonds. The molecule has 1 saturated heterocycles. The van der Waals surface area contributed by atoms with Crippen molar-refractivity contribution < 1.29 is 9.53 Å². The SMILES string of the molecule is COCC1(CNC(=O)c2cccc(N(C)C)c2)CCNCC1.Cl. The van der Waals surface area contributed by atoms with Gasteiger partial charge in [0.25, 0.3) is 5.91 Å². The minimum absolute atomic E-state index is 0. The normalized spacial score (nSPS) is 16.3. The maximum Gasteiger partial charge on any atom is 0.251 e. The third kappa shape index (κ3) is 5.37. The quantitative estimate of drug-likeness (QED) is 0.830. The van der Waals surface area contributed by atoms with E-state index in [2.05, 4.69) is 10.6 Å². The zero-order valence-corrected chi connectivity index (χ0v) is 15.0. The summed E-state index contributed by atoms with van der Waals surface area (Å²) in [6.07, 6.45) is 2.05. The summed E-state index contributed by atoms with van der Waals surface area (Å²) in [7, 11) is 5.67. The molecule has 1 aliphatic rings. The first-order valence-electron chi connectivity index (χ1n) is 7.82. The second-order valence-electron chi connectivity index (χ2n) is 6.31. The molecule has 0 aliphatic carbocycles. The topological polar surface area (TPSA) is 53.6 Å². The molecule has 0 atom stereocenters. The van der Waals surface area contributed by atoms with Crippen LogP contribution in [0.1, 0.15) is 23.2 Å². The second-order valence-corrected chi connectivity index (χ2v) is 6.31. The molecule has 2 rings (SSSR count). The van der Waals surface area contributed by atoms with Gasteiger partial charge in [0.1, 0.15) is 0 Å². The highest BCUT2D eigenvalue weighted by molar-refractivity contribution is 5.95. The number of nitrogens with zero attached hydrogens (tertiary/aromatic N) is 1. The van der Waals surface area contributed by atoms with Gasteiger partial charge in [0.05, 0.1) is 6.61 Å². The maximum atomic E-state index is 12.4.